The Morgan fingerprint density at radius 2 is 2.10 bits per heavy atom. The molecule has 5 nitrogen and oxygen atoms in total. The number of anilines is 1. The first-order valence-corrected chi connectivity index (χ1v) is 6.86. The smallest absolute Gasteiger partial charge is 0.320 e. The van der Waals surface area contributed by atoms with Gasteiger partial charge in [0, 0.05) is 25.4 Å². The van der Waals surface area contributed by atoms with Gasteiger partial charge in [0.2, 0.25) is 0 Å². The van der Waals surface area contributed by atoms with Gasteiger partial charge in [-0.25, -0.2) is 4.79 Å². The lowest BCUT2D eigenvalue weighted by Gasteiger charge is -2.06. The van der Waals surface area contributed by atoms with E-state index in [1.807, 2.05) is 43.6 Å². The largest absolute Gasteiger partial charge is 0.338 e. The van der Waals surface area contributed by atoms with Crippen LogP contribution >= 0.6 is 0 Å². The molecule has 2 N–H and O–H groups in total. The molecular formula is C15H18N4O. The standard InChI is InChI=1S/C15H18N4O/c1-19-10-13(12-5-3-2-4-6-12)14(18-19)17-15(20)16-9-11-7-8-11/h2-6,10-11H,7-9H2,1H3,(H2,16,17,18,20). The molecule has 1 aliphatic carbocycles. The lowest BCUT2D eigenvalue weighted by atomic mass is 10.1. The van der Waals surface area contributed by atoms with Gasteiger partial charge in [-0.2, -0.15) is 5.10 Å². The number of rotatable bonds is 4. The molecule has 2 aromatic rings. The predicted molar refractivity (Wildman–Crippen MR) is 78.4 cm³/mol. The normalized spacial score (nSPS) is 14.1. The van der Waals surface area contributed by atoms with Crippen molar-refractivity contribution in [3.05, 3.63) is 36.5 Å². The Labute approximate surface area is 118 Å². The molecule has 1 aliphatic rings. The Morgan fingerprint density at radius 3 is 2.80 bits per heavy atom. The third-order valence-electron chi connectivity index (χ3n) is 3.39. The Kier molecular flexibility index (Phi) is 3.41. The van der Waals surface area contributed by atoms with Crippen molar-refractivity contribution < 1.29 is 4.79 Å². The van der Waals surface area contributed by atoms with Crippen LogP contribution in [0.4, 0.5) is 10.6 Å². The minimum Gasteiger partial charge on any atom is -0.338 e. The van der Waals surface area contributed by atoms with Gasteiger partial charge < -0.3 is 5.32 Å². The lowest BCUT2D eigenvalue weighted by molar-refractivity contribution is 0.251. The molecule has 0 spiro atoms. The fourth-order valence-corrected chi connectivity index (χ4v) is 2.12. The highest BCUT2D eigenvalue weighted by Crippen LogP contribution is 2.28. The first kappa shape index (κ1) is 12.7. The van der Waals surface area contributed by atoms with E-state index in [4.69, 9.17) is 0 Å². The van der Waals surface area contributed by atoms with Crippen LogP contribution in [-0.2, 0) is 7.05 Å². The summed E-state index contributed by atoms with van der Waals surface area (Å²) >= 11 is 0. The Bertz CT molecular complexity index is 602. The number of benzene rings is 1. The quantitative estimate of drug-likeness (QED) is 0.897. The van der Waals surface area contributed by atoms with Gasteiger partial charge >= 0.3 is 6.03 Å². The van der Waals surface area contributed by atoms with Gasteiger partial charge in [-0.3, -0.25) is 10.00 Å². The van der Waals surface area contributed by atoms with Crippen LogP contribution in [0.25, 0.3) is 11.1 Å². The van der Waals surface area contributed by atoms with E-state index in [2.05, 4.69) is 15.7 Å². The molecule has 0 saturated heterocycles. The highest BCUT2D eigenvalue weighted by Gasteiger charge is 2.22. The van der Waals surface area contributed by atoms with E-state index >= 15 is 0 Å². The van der Waals surface area contributed by atoms with Gasteiger partial charge in [-0.1, -0.05) is 30.3 Å². The van der Waals surface area contributed by atoms with Crippen molar-refractivity contribution in [1.82, 2.24) is 15.1 Å². The molecule has 0 bridgehead atoms. The number of urea groups is 1. The Hall–Kier alpha value is -2.30. The zero-order valence-electron chi connectivity index (χ0n) is 11.5. The van der Waals surface area contributed by atoms with Crippen molar-refractivity contribution in [2.24, 2.45) is 13.0 Å². The zero-order chi connectivity index (χ0) is 13.9. The number of aryl methyl sites for hydroxylation is 1. The topological polar surface area (TPSA) is 59.0 Å². The van der Waals surface area contributed by atoms with Crippen LogP contribution in [0, 0.1) is 5.92 Å². The number of amides is 2. The highest BCUT2D eigenvalue weighted by molar-refractivity contribution is 5.92. The number of carbonyl (C=O) groups is 1. The second-order valence-electron chi connectivity index (χ2n) is 5.21. The van der Waals surface area contributed by atoms with E-state index in [1.54, 1.807) is 4.68 Å². The highest BCUT2D eigenvalue weighted by atomic mass is 16.2. The summed E-state index contributed by atoms with van der Waals surface area (Å²) in [6, 6.07) is 9.73. The van der Waals surface area contributed by atoms with Gasteiger partial charge in [0.1, 0.15) is 0 Å². The average Bonchev–Trinajstić information content (AvgIpc) is 3.21. The number of nitrogens with zero attached hydrogens (tertiary/aromatic N) is 2. The molecule has 104 valence electrons. The molecule has 5 heteroatoms. The monoisotopic (exact) mass is 270 g/mol. The molecule has 0 atom stereocenters. The molecule has 2 amide bonds. The van der Waals surface area contributed by atoms with Crippen LogP contribution in [0.1, 0.15) is 12.8 Å². The van der Waals surface area contributed by atoms with Crippen molar-refractivity contribution in [1.29, 1.82) is 0 Å². The minimum absolute atomic E-state index is 0.187. The van der Waals surface area contributed by atoms with E-state index in [-0.39, 0.29) is 6.03 Å². The maximum absolute atomic E-state index is 11.9. The lowest BCUT2D eigenvalue weighted by Crippen LogP contribution is -2.30. The SMILES string of the molecule is Cn1cc(-c2ccccc2)c(NC(=O)NCC2CC2)n1. The summed E-state index contributed by atoms with van der Waals surface area (Å²) in [7, 11) is 1.85. The summed E-state index contributed by atoms with van der Waals surface area (Å²) in [4.78, 5) is 11.9. The first-order chi connectivity index (χ1) is 9.72. The minimum atomic E-state index is -0.187. The van der Waals surface area contributed by atoms with Gasteiger partial charge in [0.25, 0.3) is 0 Å². The third kappa shape index (κ3) is 2.99. The molecule has 1 aromatic carbocycles. The number of carbonyl (C=O) groups excluding carboxylic acids is 1. The van der Waals surface area contributed by atoms with E-state index in [0.29, 0.717) is 11.7 Å². The Balaban J connectivity index is 1.73. The molecule has 1 fully saturated rings. The van der Waals surface area contributed by atoms with Crippen LogP contribution in [0.3, 0.4) is 0 Å². The molecule has 1 heterocycles. The van der Waals surface area contributed by atoms with Gasteiger partial charge in [-0.15, -0.1) is 0 Å². The summed E-state index contributed by atoms with van der Waals surface area (Å²) in [6.45, 7) is 0.749. The van der Waals surface area contributed by atoms with Crippen molar-refractivity contribution in [3.8, 4) is 11.1 Å². The predicted octanol–water partition coefficient (Wildman–Crippen LogP) is 2.62. The molecule has 1 saturated carbocycles. The van der Waals surface area contributed by atoms with Gasteiger partial charge in [-0.05, 0) is 24.3 Å². The van der Waals surface area contributed by atoms with E-state index in [9.17, 15) is 4.79 Å². The van der Waals surface area contributed by atoms with Crippen molar-refractivity contribution in [2.45, 2.75) is 12.8 Å². The van der Waals surface area contributed by atoms with Gasteiger partial charge in [0.15, 0.2) is 5.82 Å². The van der Waals surface area contributed by atoms with Gasteiger partial charge in [0.05, 0.1) is 0 Å². The van der Waals surface area contributed by atoms with Crippen molar-refractivity contribution in [2.75, 3.05) is 11.9 Å². The van der Waals surface area contributed by atoms with Crippen LogP contribution in [0.2, 0.25) is 0 Å². The molecule has 0 radical (unpaired) electrons. The molecule has 0 aliphatic heterocycles. The van der Waals surface area contributed by atoms with Crippen LogP contribution < -0.4 is 10.6 Å². The van der Waals surface area contributed by atoms with Crippen LogP contribution in [0.15, 0.2) is 36.5 Å². The van der Waals surface area contributed by atoms with Crippen LogP contribution in [0.5, 0.6) is 0 Å². The average molecular weight is 270 g/mol. The summed E-state index contributed by atoms with van der Waals surface area (Å²) in [5, 5.41) is 10.0. The number of hydrogen-bond acceptors (Lipinski definition) is 2. The van der Waals surface area contributed by atoms with Crippen molar-refractivity contribution >= 4 is 11.8 Å². The fourth-order valence-electron chi connectivity index (χ4n) is 2.12. The molecule has 1 aromatic heterocycles. The summed E-state index contributed by atoms with van der Waals surface area (Å²) in [5.74, 6) is 1.25. The Morgan fingerprint density at radius 1 is 1.35 bits per heavy atom. The summed E-state index contributed by atoms with van der Waals surface area (Å²) in [5.41, 5.74) is 1.97. The second-order valence-corrected chi connectivity index (χ2v) is 5.21. The fraction of sp³-hybridized carbons (Fsp3) is 0.333. The summed E-state index contributed by atoms with van der Waals surface area (Å²) < 4.78 is 1.71. The summed E-state index contributed by atoms with van der Waals surface area (Å²) in [6.07, 6.45) is 4.35. The van der Waals surface area contributed by atoms with E-state index in [0.717, 1.165) is 17.7 Å². The van der Waals surface area contributed by atoms with E-state index in [1.165, 1.54) is 12.8 Å². The van der Waals surface area contributed by atoms with Crippen LogP contribution in [-0.4, -0.2) is 22.4 Å². The second kappa shape index (κ2) is 5.36. The number of nitrogens with one attached hydrogen (secondary N) is 2. The number of aromatic nitrogens is 2. The molecular weight excluding hydrogens is 252 g/mol. The maximum Gasteiger partial charge on any atom is 0.320 e. The first-order valence-electron chi connectivity index (χ1n) is 6.86. The molecule has 0 unspecified atom stereocenters. The zero-order valence-corrected chi connectivity index (χ0v) is 11.5. The number of hydrogen-bond donors (Lipinski definition) is 2. The molecule has 20 heavy (non-hydrogen) atoms. The van der Waals surface area contributed by atoms with Crippen molar-refractivity contribution in [3.63, 3.8) is 0 Å². The third-order valence-corrected chi connectivity index (χ3v) is 3.39. The molecule has 3 rings (SSSR count). The van der Waals surface area contributed by atoms with E-state index < -0.39 is 0 Å². The maximum atomic E-state index is 11.9.